The maximum atomic E-state index is 5.76. The maximum Gasteiger partial charge on any atom is 0.118 e. The van der Waals surface area contributed by atoms with Gasteiger partial charge in [-0.1, -0.05) is 25.5 Å². The van der Waals surface area contributed by atoms with Crippen molar-refractivity contribution in [3.63, 3.8) is 0 Å². The number of benzene rings is 1. The summed E-state index contributed by atoms with van der Waals surface area (Å²) in [6, 6.07) is 8.17. The van der Waals surface area contributed by atoms with Crippen LogP contribution in [0.25, 0.3) is 0 Å². The molecule has 0 radical (unpaired) electrons. The molecule has 0 amide bonds. The van der Waals surface area contributed by atoms with Crippen molar-refractivity contribution in [1.82, 2.24) is 5.32 Å². The van der Waals surface area contributed by atoms with Crippen LogP contribution < -0.4 is 10.1 Å². The van der Waals surface area contributed by atoms with E-state index in [2.05, 4.69) is 24.4 Å². The normalized spacial score (nSPS) is 12.4. The molecule has 0 saturated carbocycles. The summed E-state index contributed by atoms with van der Waals surface area (Å²) in [4.78, 5) is 0. The van der Waals surface area contributed by atoms with Crippen molar-refractivity contribution >= 4 is 11.6 Å². The van der Waals surface area contributed by atoms with Crippen molar-refractivity contribution in [3.8, 4) is 5.75 Å². The van der Waals surface area contributed by atoms with Gasteiger partial charge in [0, 0.05) is 12.4 Å². The van der Waals surface area contributed by atoms with Crippen molar-refractivity contribution in [2.45, 2.75) is 26.3 Å². The Balaban J connectivity index is 2.29. The van der Waals surface area contributed by atoms with Gasteiger partial charge in [-0.25, -0.2) is 0 Å². The number of halogens is 1. The maximum absolute atomic E-state index is 5.76. The molecule has 3 heteroatoms. The number of nitrogens with one attached hydrogen (secondary N) is 1. The molecule has 1 N–H and O–H groups in total. The number of methoxy groups -OCH3 is 1. The van der Waals surface area contributed by atoms with E-state index in [-0.39, 0.29) is 0 Å². The van der Waals surface area contributed by atoms with Crippen LogP contribution in [0, 0.1) is 5.92 Å². The minimum absolute atomic E-state index is 0.686. The SMILES string of the molecule is CCC(CCCl)CNCc1ccc(OC)cc1. The Bertz CT molecular complexity index is 300. The molecule has 0 bridgehead atoms. The van der Waals surface area contributed by atoms with Gasteiger partial charge < -0.3 is 10.1 Å². The van der Waals surface area contributed by atoms with Crippen molar-refractivity contribution in [2.24, 2.45) is 5.92 Å². The Hall–Kier alpha value is -0.730. The predicted octanol–water partition coefficient (Wildman–Crippen LogP) is 3.44. The second-order valence-corrected chi connectivity index (χ2v) is 4.61. The number of hydrogen-bond donors (Lipinski definition) is 1. The molecular weight excluding hydrogens is 234 g/mol. The number of hydrogen-bond acceptors (Lipinski definition) is 2. The predicted molar refractivity (Wildman–Crippen MR) is 73.8 cm³/mol. The van der Waals surface area contributed by atoms with E-state index in [9.17, 15) is 0 Å². The fourth-order valence-electron chi connectivity index (χ4n) is 1.77. The molecule has 1 aromatic carbocycles. The van der Waals surface area contributed by atoms with E-state index in [1.165, 1.54) is 12.0 Å². The number of alkyl halides is 1. The van der Waals surface area contributed by atoms with Gasteiger partial charge in [-0.2, -0.15) is 0 Å². The summed E-state index contributed by atoms with van der Waals surface area (Å²) >= 11 is 5.76. The lowest BCUT2D eigenvalue weighted by molar-refractivity contribution is 0.414. The molecular formula is C14H22ClNO. The fraction of sp³-hybridized carbons (Fsp3) is 0.571. The summed E-state index contributed by atoms with van der Waals surface area (Å²) in [5.74, 6) is 2.34. The van der Waals surface area contributed by atoms with Gasteiger partial charge in [0.2, 0.25) is 0 Å². The van der Waals surface area contributed by atoms with Crippen LogP contribution in [0.3, 0.4) is 0 Å². The van der Waals surface area contributed by atoms with Crippen LogP contribution >= 0.6 is 11.6 Å². The molecule has 0 aliphatic heterocycles. The third kappa shape index (κ3) is 5.42. The quantitative estimate of drug-likeness (QED) is 0.719. The first-order valence-corrected chi connectivity index (χ1v) is 6.73. The van der Waals surface area contributed by atoms with Gasteiger partial charge in [0.05, 0.1) is 7.11 Å². The molecule has 96 valence electrons. The van der Waals surface area contributed by atoms with E-state index in [0.29, 0.717) is 5.92 Å². The Morgan fingerprint density at radius 3 is 2.53 bits per heavy atom. The molecule has 0 aliphatic carbocycles. The molecule has 1 unspecified atom stereocenters. The van der Waals surface area contributed by atoms with E-state index < -0.39 is 0 Å². The van der Waals surface area contributed by atoms with E-state index in [4.69, 9.17) is 16.3 Å². The lowest BCUT2D eigenvalue weighted by atomic mass is 10.0. The lowest BCUT2D eigenvalue weighted by Crippen LogP contribution is -2.22. The molecule has 0 aromatic heterocycles. The van der Waals surface area contributed by atoms with Crippen LogP contribution in [-0.4, -0.2) is 19.5 Å². The van der Waals surface area contributed by atoms with Crippen molar-refractivity contribution in [3.05, 3.63) is 29.8 Å². The molecule has 1 aromatic rings. The Morgan fingerprint density at radius 1 is 1.29 bits per heavy atom. The van der Waals surface area contributed by atoms with Gasteiger partial charge in [0.25, 0.3) is 0 Å². The molecule has 0 aliphatic rings. The zero-order chi connectivity index (χ0) is 12.5. The van der Waals surface area contributed by atoms with Gasteiger partial charge in [-0.05, 0) is 36.6 Å². The van der Waals surface area contributed by atoms with E-state index in [0.717, 1.165) is 31.1 Å². The highest BCUT2D eigenvalue weighted by molar-refractivity contribution is 6.17. The minimum Gasteiger partial charge on any atom is -0.497 e. The van der Waals surface area contributed by atoms with Crippen molar-refractivity contribution in [2.75, 3.05) is 19.5 Å². The van der Waals surface area contributed by atoms with Gasteiger partial charge >= 0.3 is 0 Å². The van der Waals surface area contributed by atoms with Gasteiger partial charge in [0.1, 0.15) is 5.75 Å². The van der Waals surface area contributed by atoms with E-state index in [1.807, 2.05) is 12.1 Å². The Kier molecular flexibility index (Phi) is 7.06. The van der Waals surface area contributed by atoms with Crippen LogP contribution in [0.1, 0.15) is 25.3 Å². The fourth-order valence-corrected chi connectivity index (χ4v) is 2.08. The first-order valence-electron chi connectivity index (χ1n) is 6.19. The Labute approximate surface area is 109 Å². The standard InChI is InChI=1S/C14H22ClNO/c1-3-12(8-9-15)10-16-11-13-4-6-14(17-2)7-5-13/h4-7,12,16H,3,8-11H2,1-2H3. The summed E-state index contributed by atoms with van der Waals surface area (Å²) in [5.41, 5.74) is 1.28. The molecule has 0 saturated heterocycles. The molecule has 0 heterocycles. The molecule has 1 rings (SSSR count). The highest BCUT2D eigenvalue weighted by Crippen LogP contribution is 2.12. The third-order valence-electron chi connectivity index (χ3n) is 3.02. The average Bonchev–Trinajstić information content (AvgIpc) is 2.38. The molecule has 0 fully saturated rings. The summed E-state index contributed by atoms with van der Waals surface area (Å²) in [7, 11) is 1.69. The van der Waals surface area contributed by atoms with Gasteiger partial charge in [-0.15, -0.1) is 11.6 Å². The minimum atomic E-state index is 0.686. The number of ether oxygens (including phenoxy) is 1. The summed E-state index contributed by atoms with van der Waals surface area (Å²) in [6.07, 6.45) is 2.27. The average molecular weight is 256 g/mol. The molecule has 2 nitrogen and oxygen atoms in total. The van der Waals surface area contributed by atoms with Crippen LogP contribution in [0.15, 0.2) is 24.3 Å². The Morgan fingerprint density at radius 2 is 2.00 bits per heavy atom. The van der Waals surface area contributed by atoms with Crippen LogP contribution in [0.2, 0.25) is 0 Å². The second-order valence-electron chi connectivity index (χ2n) is 4.23. The highest BCUT2D eigenvalue weighted by Gasteiger charge is 2.04. The zero-order valence-electron chi connectivity index (χ0n) is 10.7. The van der Waals surface area contributed by atoms with Crippen LogP contribution in [0.4, 0.5) is 0 Å². The first kappa shape index (κ1) is 14.3. The zero-order valence-corrected chi connectivity index (χ0v) is 11.5. The second kappa shape index (κ2) is 8.37. The van der Waals surface area contributed by atoms with Gasteiger partial charge in [0.15, 0.2) is 0 Å². The highest BCUT2D eigenvalue weighted by atomic mass is 35.5. The largest absolute Gasteiger partial charge is 0.497 e. The monoisotopic (exact) mass is 255 g/mol. The number of rotatable bonds is 8. The first-order chi connectivity index (χ1) is 8.30. The molecule has 1 atom stereocenters. The smallest absolute Gasteiger partial charge is 0.118 e. The van der Waals surface area contributed by atoms with Crippen LogP contribution in [0.5, 0.6) is 5.75 Å². The third-order valence-corrected chi connectivity index (χ3v) is 3.23. The van der Waals surface area contributed by atoms with E-state index in [1.54, 1.807) is 7.11 Å². The summed E-state index contributed by atoms with van der Waals surface area (Å²) in [6.45, 7) is 4.16. The summed E-state index contributed by atoms with van der Waals surface area (Å²) in [5, 5.41) is 3.48. The van der Waals surface area contributed by atoms with Gasteiger partial charge in [-0.3, -0.25) is 0 Å². The molecule has 0 spiro atoms. The van der Waals surface area contributed by atoms with E-state index >= 15 is 0 Å². The van der Waals surface area contributed by atoms with Crippen molar-refractivity contribution < 1.29 is 4.74 Å². The summed E-state index contributed by atoms with van der Waals surface area (Å²) < 4.78 is 5.13. The van der Waals surface area contributed by atoms with Crippen LogP contribution in [-0.2, 0) is 6.54 Å². The lowest BCUT2D eigenvalue weighted by Gasteiger charge is -2.14. The molecule has 17 heavy (non-hydrogen) atoms. The topological polar surface area (TPSA) is 21.3 Å². The van der Waals surface area contributed by atoms with Crippen molar-refractivity contribution in [1.29, 1.82) is 0 Å².